The summed E-state index contributed by atoms with van der Waals surface area (Å²) in [6, 6.07) is 9.06. The first-order valence-corrected chi connectivity index (χ1v) is 11.9. The molecule has 0 bridgehead atoms. The monoisotopic (exact) mass is 552 g/mol. The third-order valence-corrected chi connectivity index (χ3v) is 5.44. The van der Waals surface area contributed by atoms with Crippen LogP contribution in [0.5, 0.6) is 5.75 Å². The molecule has 0 unspecified atom stereocenters. The van der Waals surface area contributed by atoms with Gasteiger partial charge in [-0.3, -0.25) is 9.59 Å². The summed E-state index contributed by atoms with van der Waals surface area (Å²) in [7, 11) is 1.53. The van der Waals surface area contributed by atoms with Crippen LogP contribution in [0, 0.1) is 11.2 Å². The molecule has 2 aromatic rings. The van der Waals surface area contributed by atoms with Gasteiger partial charge in [-0.2, -0.15) is 13.2 Å². The first kappa shape index (κ1) is 31.3. The van der Waals surface area contributed by atoms with Crippen LogP contribution in [-0.2, 0) is 14.3 Å². The Labute approximate surface area is 223 Å². The first-order valence-electron chi connectivity index (χ1n) is 11.9. The summed E-state index contributed by atoms with van der Waals surface area (Å²) in [6.07, 6.45) is -3.66. The highest BCUT2D eigenvalue weighted by molar-refractivity contribution is 6.03. The summed E-state index contributed by atoms with van der Waals surface area (Å²) in [6.45, 7) is 7.43. The number of hydrogen-bond donors (Lipinski definition) is 3. The van der Waals surface area contributed by atoms with Gasteiger partial charge in [-0.15, -0.1) is 0 Å². The second-order valence-corrected chi connectivity index (χ2v) is 9.10. The molecule has 39 heavy (non-hydrogen) atoms. The van der Waals surface area contributed by atoms with Crippen LogP contribution in [0.25, 0.3) is 12.4 Å². The zero-order chi connectivity index (χ0) is 29.2. The number of rotatable bonds is 12. The van der Waals surface area contributed by atoms with E-state index in [4.69, 9.17) is 9.47 Å². The number of ether oxygens (including phenoxy) is 2. The maximum atomic E-state index is 15.0. The van der Waals surface area contributed by atoms with Crippen molar-refractivity contribution in [3.05, 3.63) is 52.7 Å². The molecule has 0 aliphatic rings. The van der Waals surface area contributed by atoms with E-state index in [-0.39, 0.29) is 17.6 Å². The van der Waals surface area contributed by atoms with Crippen molar-refractivity contribution >= 4 is 41.8 Å². The molecule has 0 heterocycles. The van der Waals surface area contributed by atoms with Crippen LogP contribution in [0.15, 0.2) is 41.4 Å². The molecule has 0 saturated carbocycles. The van der Waals surface area contributed by atoms with Crippen molar-refractivity contribution in [1.82, 2.24) is 5.32 Å². The van der Waals surface area contributed by atoms with Crippen molar-refractivity contribution in [2.24, 2.45) is 10.4 Å². The van der Waals surface area contributed by atoms with E-state index in [2.05, 4.69) is 27.5 Å². The highest BCUT2D eigenvalue weighted by atomic mass is 19.4. The Kier molecular flexibility index (Phi) is 11.0. The summed E-state index contributed by atoms with van der Waals surface area (Å²) >= 11 is 0. The van der Waals surface area contributed by atoms with Crippen molar-refractivity contribution in [1.29, 1.82) is 0 Å². The van der Waals surface area contributed by atoms with Gasteiger partial charge in [0.2, 0.25) is 11.8 Å². The number of nitrogens with zero attached hydrogens (tertiary/aromatic N) is 1. The predicted molar refractivity (Wildman–Crippen MR) is 142 cm³/mol. The number of anilines is 2. The first-order chi connectivity index (χ1) is 18.3. The van der Waals surface area contributed by atoms with E-state index < -0.39 is 42.2 Å². The van der Waals surface area contributed by atoms with Crippen LogP contribution in [0.4, 0.5) is 28.9 Å². The zero-order valence-electron chi connectivity index (χ0n) is 22.2. The van der Waals surface area contributed by atoms with Gasteiger partial charge in [0.1, 0.15) is 30.4 Å². The Morgan fingerprint density at radius 3 is 2.18 bits per heavy atom. The van der Waals surface area contributed by atoms with Gasteiger partial charge in [-0.1, -0.05) is 6.58 Å². The minimum Gasteiger partial charge on any atom is -0.491 e. The molecule has 212 valence electrons. The summed E-state index contributed by atoms with van der Waals surface area (Å²) in [5, 5.41) is 8.14. The summed E-state index contributed by atoms with van der Waals surface area (Å²) < 4.78 is 64.1. The van der Waals surface area contributed by atoms with E-state index in [1.165, 1.54) is 31.5 Å². The molecule has 0 aliphatic carbocycles. The van der Waals surface area contributed by atoms with Crippen molar-refractivity contribution in [3.63, 3.8) is 0 Å². The van der Waals surface area contributed by atoms with Crippen LogP contribution in [0.1, 0.15) is 27.2 Å². The molecule has 3 N–H and O–H groups in total. The molecule has 2 aromatic carbocycles. The number of aliphatic imine (C=N–C) groups is 1. The van der Waals surface area contributed by atoms with Crippen molar-refractivity contribution in [2.45, 2.75) is 33.4 Å². The maximum absolute atomic E-state index is 15.0. The fourth-order valence-electron chi connectivity index (χ4n) is 3.12. The lowest BCUT2D eigenvalue weighted by molar-refractivity contribution is -0.209. The number of alkyl halides is 3. The van der Waals surface area contributed by atoms with Gasteiger partial charge in [-0.25, -0.2) is 9.38 Å². The molecule has 0 aliphatic heterocycles. The van der Waals surface area contributed by atoms with Crippen LogP contribution in [0.3, 0.4) is 0 Å². The van der Waals surface area contributed by atoms with Crippen LogP contribution in [-0.4, -0.2) is 51.1 Å². The van der Waals surface area contributed by atoms with E-state index in [0.29, 0.717) is 28.9 Å². The van der Waals surface area contributed by atoms with E-state index in [9.17, 15) is 27.2 Å². The lowest BCUT2D eigenvalue weighted by Crippen LogP contribution is -2.43. The van der Waals surface area contributed by atoms with Crippen LogP contribution in [0.2, 0.25) is 0 Å². The molecule has 12 heteroatoms. The Balaban J connectivity index is 2.08. The molecule has 2 rings (SSSR count). The molecule has 0 aromatic heterocycles. The van der Waals surface area contributed by atoms with Crippen molar-refractivity contribution in [3.8, 4) is 5.75 Å². The number of carbonyl (C=O) groups excluding carboxylic acids is 2. The third kappa shape index (κ3) is 9.40. The van der Waals surface area contributed by atoms with Gasteiger partial charge in [0.25, 0.3) is 0 Å². The third-order valence-electron chi connectivity index (χ3n) is 5.44. The molecular weight excluding hydrogens is 520 g/mol. The molecule has 2 amide bonds. The second kappa shape index (κ2) is 13.7. The summed E-state index contributed by atoms with van der Waals surface area (Å²) in [5.41, 5.74) is -1.27. The van der Waals surface area contributed by atoms with Crippen molar-refractivity contribution < 1.29 is 36.6 Å². The number of methoxy groups -OCH3 is 1. The number of amides is 2. The molecule has 8 nitrogen and oxygen atoms in total. The molecule has 0 radical (unpaired) electrons. The Morgan fingerprint density at radius 1 is 1.03 bits per heavy atom. The lowest BCUT2D eigenvalue weighted by atomic mass is 9.93. The Bertz CT molecular complexity index is 1290. The smallest absolute Gasteiger partial charge is 0.395 e. The topological polar surface area (TPSA) is 101 Å². The van der Waals surface area contributed by atoms with E-state index >= 15 is 0 Å². The number of carbonyl (C=O) groups is 2. The lowest BCUT2D eigenvalue weighted by Gasteiger charge is -2.27. The number of nitrogens with one attached hydrogen (secondary N) is 3. The van der Waals surface area contributed by atoms with Gasteiger partial charge < -0.3 is 25.4 Å². The largest absolute Gasteiger partial charge is 0.491 e. The summed E-state index contributed by atoms with van der Waals surface area (Å²) in [5.74, 6) is -1.63. The standard InChI is InChI=1S/C27H32F4N4O4/c1-6-32-25(24-17(2)13-20(14-21(24)28)39-12-11-38-5)35-19-9-7-18(8-10-19)34-23(37)15-22(36)33-16-26(3,4)27(29,30)31/h6-10,13-14,35H,2,11-12,15-16H2,1,3-5H3,(H,33,36)(H,34,37)/b25-24-,32-6-. The average molecular weight is 553 g/mol. The Hall–Kier alpha value is -3.93. The van der Waals surface area contributed by atoms with Gasteiger partial charge in [0, 0.05) is 37.3 Å². The van der Waals surface area contributed by atoms with Crippen LogP contribution < -0.4 is 31.1 Å². The zero-order valence-corrected chi connectivity index (χ0v) is 22.2. The fraction of sp³-hybridized carbons (Fsp3) is 0.370. The Morgan fingerprint density at radius 2 is 1.64 bits per heavy atom. The van der Waals surface area contributed by atoms with Crippen molar-refractivity contribution in [2.75, 3.05) is 37.5 Å². The average Bonchev–Trinajstić information content (AvgIpc) is 2.83. The highest BCUT2D eigenvalue weighted by Gasteiger charge is 2.47. The van der Waals surface area contributed by atoms with E-state index in [1.54, 1.807) is 25.1 Å². The van der Waals surface area contributed by atoms with Crippen LogP contribution >= 0.6 is 0 Å². The molecular formula is C27H32F4N4O4. The highest BCUT2D eigenvalue weighted by Crippen LogP contribution is 2.36. The van der Waals surface area contributed by atoms with Gasteiger partial charge in [0.15, 0.2) is 0 Å². The van der Waals surface area contributed by atoms with Gasteiger partial charge >= 0.3 is 6.18 Å². The quantitative estimate of drug-likeness (QED) is 0.162. The summed E-state index contributed by atoms with van der Waals surface area (Å²) in [4.78, 5) is 28.3. The minimum absolute atomic E-state index is 0.143. The van der Waals surface area contributed by atoms with E-state index in [0.717, 1.165) is 13.8 Å². The van der Waals surface area contributed by atoms with E-state index in [1.807, 2.05) is 0 Å². The van der Waals surface area contributed by atoms with Gasteiger partial charge in [0.05, 0.1) is 17.2 Å². The number of hydrogen-bond acceptors (Lipinski definition) is 6. The molecule has 0 saturated heterocycles. The normalized spacial score (nSPS) is 12.7. The minimum atomic E-state index is -4.50. The molecule has 0 spiro atoms. The van der Waals surface area contributed by atoms with Gasteiger partial charge in [-0.05, 0) is 56.3 Å². The number of halogens is 4. The maximum Gasteiger partial charge on any atom is 0.395 e. The second-order valence-electron chi connectivity index (χ2n) is 9.10. The number of benzene rings is 2. The SMILES string of the molecule is C=c1cc(OCCOC)cc(F)/c1=C(/N=C\C)Nc1ccc(NC(=O)CC(=O)NCC(C)(C)C(F)(F)F)cc1. The predicted octanol–water partition coefficient (Wildman–Crippen LogP) is 3.56. The molecule has 0 atom stereocenters. The molecule has 0 fully saturated rings. The fourth-order valence-corrected chi connectivity index (χ4v) is 3.12.